The lowest BCUT2D eigenvalue weighted by Gasteiger charge is -2.29. The Bertz CT molecular complexity index is 616. The first kappa shape index (κ1) is 21.0. The highest BCUT2D eigenvalue weighted by Gasteiger charge is 2.26. The topological polar surface area (TPSA) is 54.7 Å². The Hall–Kier alpha value is -1.33. The second-order valence-electron chi connectivity index (χ2n) is 7.17. The average molecular weight is 467 g/mol. The average Bonchev–Trinajstić information content (AvgIpc) is 3.12. The van der Waals surface area contributed by atoms with Gasteiger partial charge < -0.3 is 15.1 Å². The zero-order valence-corrected chi connectivity index (χ0v) is 18.0. The van der Waals surface area contributed by atoms with Gasteiger partial charge in [-0.15, -0.1) is 24.0 Å². The normalized spacial score (nSPS) is 21.2. The minimum atomic E-state index is 0. The van der Waals surface area contributed by atoms with Crippen LogP contribution >= 0.6 is 24.0 Å². The maximum absolute atomic E-state index is 8.88. The van der Waals surface area contributed by atoms with Crippen molar-refractivity contribution in [1.82, 2.24) is 15.1 Å². The number of nitrogens with one attached hydrogen (secondary N) is 1. The van der Waals surface area contributed by atoms with E-state index in [0.717, 1.165) is 31.5 Å². The Morgan fingerprint density at radius 3 is 2.58 bits per heavy atom. The molecule has 0 bridgehead atoms. The molecule has 1 atom stereocenters. The maximum atomic E-state index is 8.88. The van der Waals surface area contributed by atoms with Crippen molar-refractivity contribution in [3.05, 3.63) is 35.4 Å². The molecule has 2 saturated heterocycles. The third-order valence-corrected chi connectivity index (χ3v) is 5.30. The summed E-state index contributed by atoms with van der Waals surface area (Å²) in [5, 5.41) is 12.3. The number of nitrogens with zero attached hydrogens (tertiary/aromatic N) is 4. The second kappa shape index (κ2) is 10.7. The van der Waals surface area contributed by atoms with Gasteiger partial charge in [0.05, 0.1) is 11.6 Å². The third kappa shape index (κ3) is 5.85. The fraction of sp³-hybridized carbons (Fsp3) is 0.600. The van der Waals surface area contributed by atoms with Crippen molar-refractivity contribution in [3.63, 3.8) is 0 Å². The molecule has 1 N–H and O–H groups in total. The molecule has 0 spiro atoms. The minimum Gasteiger partial charge on any atom is -0.352 e. The summed E-state index contributed by atoms with van der Waals surface area (Å²) < 4.78 is 0. The highest BCUT2D eigenvalue weighted by Crippen LogP contribution is 2.20. The third-order valence-electron chi connectivity index (χ3n) is 5.30. The van der Waals surface area contributed by atoms with Crippen LogP contribution < -0.4 is 5.32 Å². The van der Waals surface area contributed by atoms with E-state index < -0.39 is 0 Å². The van der Waals surface area contributed by atoms with Gasteiger partial charge in [-0.25, -0.2) is 0 Å². The van der Waals surface area contributed by atoms with Gasteiger partial charge in [0.2, 0.25) is 0 Å². The van der Waals surface area contributed by atoms with Crippen molar-refractivity contribution < 1.29 is 0 Å². The van der Waals surface area contributed by atoms with Gasteiger partial charge in [0.25, 0.3) is 0 Å². The number of piperidine rings is 1. The van der Waals surface area contributed by atoms with Crippen molar-refractivity contribution in [2.24, 2.45) is 10.9 Å². The molecule has 2 heterocycles. The number of hydrogen-bond acceptors (Lipinski definition) is 3. The van der Waals surface area contributed by atoms with Gasteiger partial charge in [-0.05, 0) is 56.0 Å². The summed E-state index contributed by atoms with van der Waals surface area (Å²) in [6.45, 7) is 6.73. The smallest absolute Gasteiger partial charge is 0.193 e. The van der Waals surface area contributed by atoms with E-state index in [1.807, 2.05) is 31.3 Å². The van der Waals surface area contributed by atoms with E-state index in [0.29, 0.717) is 5.56 Å². The fourth-order valence-electron chi connectivity index (χ4n) is 3.89. The van der Waals surface area contributed by atoms with Crippen LogP contribution in [-0.4, -0.2) is 55.5 Å². The molecular weight excluding hydrogens is 437 g/mol. The first-order valence-electron chi connectivity index (χ1n) is 9.45. The molecule has 3 rings (SSSR count). The molecule has 1 aromatic carbocycles. The van der Waals surface area contributed by atoms with Gasteiger partial charge in [-0.2, -0.15) is 5.26 Å². The Balaban J connectivity index is 0.00000243. The molecule has 6 heteroatoms. The van der Waals surface area contributed by atoms with E-state index in [-0.39, 0.29) is 24.0 Å². The monoisotopic (exact) mass is 467 g/mol. The van der Waals surface area contributed by atoms with Crippen LogP contribution in [0.1, 0.15) is 36.8 Å². The Morgan fingerprint density at radius 1 is 1.19 bits per heavy atom. The van der Waals surface area contributed by atoms with E-state index in [9.17, 15) is 0 Å². The molecule has 0 aromatic heterocycles. The van der Waals surface area contributed by atoms with Gasteiger partial charge in [0, 0.05) is 33.2 Å². The lowest BCUT2D eigenvalue weighted by molar-refractivity contribution is 0.198. The minimum absolute atomic E-state index is 0. The molecule has 0 aliphatic carbocycles. The molecule has 0 radical (unpaired) electrons. The van der Waals surface area contributed by atoms with Crippen LogP contribution in [0.2, 0.25) is 0 Å². The summed E-state index contributed by atoms with van der Waals surface area (Å²) in [6, 6.07) is 9.89. The summed E-state index contributed by atoms with van der Waals surface area (Å²) in [5.41, 5.74) is 1.87. The van der Waals surface area contributed by atoms with E-state index in [4.69, 9.17) is 5.26 Å². The summed E-state index contributed by atoms with van der Waals surface area (Å²) in [5.74, 6) is 1.75. The van der Waals surface area contributed by atoms with E-state index in [2.05, 4.69) is 26.2 Å². The van der Waals surface area contributed by atoms with Gasteiger partial charge >= 0.3 is 0 Å². The lowest BCUT2D eigenvalue weighted by Crippen LogP contribution is -2.41. The van der Waals surface area contributed by atoms with Crippen LogP contribution in [-0.2, 0) is 6.54 Å². The highest BCUT2D eigenvalue weighted by atomic mass is 127. The van der Waals surface area contributed by atoms with Crippen LogP contribution in [0.25, 0.3) is 0 Å². The first-order chi connectivity index (χ1) is 12.3. The maximum Gasteiger partial charge on any atom is 0.193 e. The molecule has 2 aliphatic heterocycles. The number of guanidine groups is 1. The van der Waals surface area contributed by atoms with Crippen molar-refractivity contribution in [3.8, 4) is 6.07 Å². The molecule has 142 valence electrons. The summed E-state index contributed by atoms with van der Waals surface area (Å²) >= 11 is 0. The zero-order valence-electron chi connectivity index (χ0n) is 15.7. The predicted octanol–water partition coefficient (Wildman–Crippen LogP) is 3.06. The number of nitriles is 1. The van der Waals surface area contributed by atoms with Gasteiger partial charge in [-0.3, -0.25) is 4.99 Å². The van der Waals surface area contributed by atoms with Crippen LogP contribution in [0.3, 0.4) is 0 Å². The largest absolute Gasteiger partial charge is 0.352 e. The number of halogens is 1. The molecule has 26 heavy (non-hydrogen) atoms. The first-order valence-corrected chi connectivity index (χ1v) is 9.45. The Morgan fingerprint density at radius 2 is 1.92 bits per heavy atom. The zero-order chi connectivity index (χ0) is 17.5. The van der Waals surface area contributed by atoms with Crippen LogP contribution in [0.4, 0.5) is 0 Å². The number of rotatable bonds is 4. The molecule has 2 fully saturated rings. The van der Waals surface area contributed by atoms with Crippen LogP contribution in [0, 0.1) is 17.2 Å². The summed E-state index contributed by atoms with van der Waals surface area (Å²) in [6.07, 6.45) is 5.39. The molecule has 1 unspecified atom stereocenters. The second-order valence-corrected chi connectivity index (χ2v) is 7.17. The van der Waals surface area contributed by atoms with Gasteiger partial charge in [0.1, 0.15) is 0 Å². The van der Waals surface area contributed by atoms with Crippen LogP contribution in [0.15, 0.2) is 29.3 Å². The molecule has 1 aromatic rings. The van der Waals surface area contributed by atoms with E-state index >= 15 is 0 Å². The number of hydrogen-bond donors (Lipinski definition) is 1. The van der Waals surface area contributed by atoms with Crippen LogP contribution in [0.5, 0.6) is 0 Å². The Kier molecular flexibility index (Phi) is 8.66. The summed E-state index contributed by atoms with van der Waals surface area (Å²) in [4.78, 5) is 9.50. The SMILES string of the molecule is CN=C(NCc1ccc(C#N)cc1)N1CCC(CN2CCCCC2)C1.I. The van der Waals surface area contributed by atoms with E-state index in [1.54, 1.807) is 0 Å². The highest BCUT2D eigenvalue weighted by molar-refractivity contribution is 14.0. The molecule has 0 amide bonds. The quantitative estimate of drug-likeness (QED) is 0.420. The van der Waals surface area contributed by atoms with Crippen molar-refractivity contribution in [2.45, 2.75) is 32.2 Å². The predicted molar refractivity (Wildman–Crippen MR) is 117 cm³/mol. The molecule has 0 saturated carbocycles. The number of aliphatic imine (C=N–C) groups is 1. The van der Waals surface area contributed by atoms with Crippen molar-refractivity contribution >= 4 is 29.9 Å². The lowest BCUT2D eigenvalue weighted by atomic mass is 10.1. The molecule has 5 nitrogen and oxygen atoms in total. The van der Waals surface area contributed by atoms with Gasteiger partial charge in [-0.1, -0.05) is 18.6 Å². The fourth-order valence-corrected chi connectivity index (χ4v) is 3.89. The number of benzene rings is 1. The summed E-state index contributed by atoms with van der Waals surface area (Å²) in [7, 11) is 1.86. The van der Waals surface area contributed by atoms with Crippen molar-refractivity contribution in [2.75, 3.05) is 39.8 Å². The number of likely N-dealkylation sites (tertiary alicyclic amines) is 2. The molecule has 2 aliphatic rings. The van der Waals surface area contributed by atoms with Crippen molar-refractivity contribution in [1.29, 1.82) is 5.26 Å². The Labute approximate surface area is 174 Å². The van der Waals surface area contributed by atoms with E-state index in [1.165, 1.54) is 50.9 Å². The standard InChI is InChI=1S/C20H29N5.HI/c1-22-20(23-14-18-7-5-17(13-21)6-8-18)25-12-9-19(16-25)15-24-10-3-2-4-11-24;/h5-8,19H,2-4,9-12,14-16H2,1H3,(H,22,23);1H. The van der Waals surface area contributed by atoms with Gasteiger partial charge in [0.15, 0.2) is 5.96 Å². The molecular formula is C20H30IN5.